The molecule has 34 heavy (non-hydrogen) atoms. The van der Waals surface area contributed by atoms with E-state index in [-0.39, 0.29) is 5.97 Å². The Hall–Kier alpha value is -1.82. The van der Waals surface area contributed by atoms with Crippen molar-refractivity contribution in [2.75, 3.05) is 38.2 Å². The normalized spacial score (nSPS) is 19.8. The fourth-order valence-corrected chi connectivity index (χ4v) is 5.92. The van der Waals surface area contributed by atoms with Gasteiger partial charge >= 0.3 is 5.97 Å². The van der Waals surface area contributed by atoms with Gasteiger partial charge in [-0.3, -0.25) is 4.90 Å². The molecule has 0 N–H and O–H groups in total. The first-order valence-electron chi connectivity index (χ1n) is 12.0. The number of carbonyl (C=O) groups is 1. The molecule has 2 aliphatic rings. The predicted molar refractivity (Wildman–Crippen MR) is 145 cm³/mol. The molecule has 0 bridgehead atoms. The smallest absolute Gasteiger partial charge is 0.339 e. The molecule has 0 radical (unpaired) electrons. The van der Waals surface area contributed by atoms with Crippen molar-refractivity contribution in [1.29, 1.82) is 0 Å². The van der Waals surface area contributed by atoms with Gasteiger partial charge in [0.1, 0.15) is 0 Å². The van der Waals surface area contributed by atoms with Gasteiger partial charge in [-0.1, -0.05) is 37.6 Å². The molecule has 1 saturated heterocycles. The van der Waals surface area contributed by atoms with Gasteiger partial charge in [-0.05, 0) is 94.6 Å². The molecule has 0 amide bonds. The van der Waals surface area contributed by atoms with Gasteiger partial charge in [-0.25, -0.2) is 4.79 Å². The monoisotopic (exact) mass is 544 g/mol. The lowest BCUT2D eigenvalue weighted by Crippen LogP contribution is -2.50. The van der Waals surface area contributed by atoms with Crippen LogP contribution in [0.3, 0.4) is 0 Å². The highest BCUT2D eigenvalue weighted by molar-refractivity contribution is 9.10. The Labute approximate surface area is 217 Å². The number of hydrogen-bond acceptors (Lipinski definition) is 4. The average molecular weight is 546 g/mol. The zero-order valence-electron chi connectivity index (χ0n) is 20.5. The Morgan fingerprint density at radius 3 is 2.38 bits per heavy atom. The molecule has 1 heterocycles. The van der Waals surface area contributed by atoms with Gasteiger partial charge in [-0.15, -0.1) is 0 Å². The van der Waals surface area contributed by atoms with Crippen LogP contribution in [0.25, 0.3) is 5.57 Å². The maximum absolute atomic E-state index is 11.9. The van der Waals surface area contributed by atoms with E-state index >= 15 is 0 Å². The van der Waals surface area contributed by atoms with E-state index in [1.165, 1.54) is 24.7 Å². The van der Waals surface area contributed by atoms with E-state index in [2.05, 4.69) is 58.6 Å². The third-order valence-electron chi connectivity index (χ3n) is 7.40. The highest BCUT2D eigenvalue weighted by atomic mass is 79.9. The molecule has 1 unspecified atom stereocenters. The van der Waals surface area contributed by atoms with Crippen LogP contribution in [0.1, 0.15) is 56.0 Å². The zero-order valence-corrected chi connectivity index (χ0v) is 22.9. The summed E-state index contributed by atoms with van der Waals surface area (Å²) in [5.74, 6) is -0.322. The minimum absolute atomic E-state index is 0.320. The van der Waals surface area contributed by atoms with Crippen LogP contribution in [0.15, 0.2) is 52.5 Å². The fraction of sp³-hybridized carbons (Fsp3) is 0.464. The van der Waals surface area contributed by atoms with Crippen LogP contribution in [0.2, 0.25) is 5.02 Å². The van der Waals surface area contributed by atoms with E-state index in [0.717, 1.165) is 54.2 Å². The van der Waals surface area contributed by atoms with E-state index in [1.54, 1.807) is 5.57 Å². The van der Waals surface area contributed by atoms with Crippen molar-refractivity contribution in [3.05, 3.63) is 68.7 Å². The van der Waals surface area contributed by atoms with E-state index in [1.807, 2.05) is 30.3 Å². The predicted octanol–water partition coefficient (Wildman–Crippen LogP) is 7.06. The number of methoxy groups -OCH3 is 1. The van der Waals surface area contributed by atoms with Crippen molar-refractivity contribution in [3.63, 3.8) is 0 Å². The van der Waals surface area contributed by atoms with Crippen molar-refractivity contribution >= 4 is 44.8 Å². The average Bonchev–Trinajstić information content (AvgIpc) is 2.83. The number of nitrogens with zero attached hydrogens (tertiary/aromatic N) is 2. The summed E-state index contributed by atoms with van der Waals surface area (Å²) in [6, 6.07) is 14.7. The Morgan fingerprint density at radius 1 is 1.09 bits per heavy atom. The van der Waals surface area contributed by atoms with Gasteiger partial charge < -0.3 is 9.64 Å². The summed E-state index contributed by atoms with van der Waals surface area (Å²) in [6.45, 7) is 11.1. The lowest BCUT2D eigenvalue weighted by molar-refractivity contribution is 0.0599. The lowest BCUT2D eigenvalue weighted by atomic mass is 9.71. The zero-order chi connectivity index (χ0) is 24.5. The van der Waals surface area contributed by atoms with Gasteiger partial charge in [0.2, 0.25) is 0 Å². The Bertz CT molecular complexity index is 1070. The summed E-state index contributed by atoms with van der Waals surface area (Å²) in [5.41, 5.74) is 6.41. The molecule has 0 spiro atoms. The molecular formula is C28H34BrClN2O2. The maximum Gasteiger partial charge on any atom is 0.339 e. The molecule has 2 aromatic rings. The molecule has 4 rings (SSSR count). The summed E-state index contributed by atoms with van der Waals surface area (Å²) in [4.78, 5) is 16.9. The summed E-state index contributed by atoms with van der Waals surface area (Å²) >= 11 is 9.71. The Morgan fingerprint density at radius 2 is 1.76 bits per heavy atom. The summed E-state index contributed by atoms with van der Waals surface area (Å²) < 4.78 is 5.63. The summed E-state index contributed by atoms with van der Waals surface area (Å²) in [7, 11) is 1.41. The molecule has 1 fully saturated rings. The molecule has 1 aliphatic heterocycles. The Balaban J connectivity index is 1.49. The van der Waals surface area contributed by atoms with E-state index < -0.39 is 0 Å². The second kappa shape index (κ2) is 10.4. The summed E-state index contributed by atoms with van der Waals surface area (Å²) in [5, 5.41) is 0.788. The minimum atomic E-state index is -0.322. The number of esters is 1. The van der Waals surface area contributed by atoms with Crippen LogP contribution in [0.5, 0.6) is 0 Å². The quantitative estimate of drug-likeness (QED) is 0.376. The third-order valence-corrected chi connectivity index (χ3v) is 8.30. The van der Waals surface area contributed by atoms with Gasteiger partial charge in [0.25, 0.3) is 0 Å². The molecule has 0 saturated carbocycles. The van der Waals surface area contributed by atoms with Crippen molar-refractivity contribution in [3.8, 4) is 0 Å². The highest BCUT2D eigenvalue weighted by Gasteiger charge is 2.32. The largest absolute Gasteiger partial charge is 0.465 e. The molecule has 2 aromatic carbocycles. The first-order chi connectivity index (χ1) is 16.2. The standard InChI is InChI=1S/C28H34BrClN2O2/c1-19(23-11-12-28(2,3)18-25(23)20-5-7-21(30)8-6-20)31-13-15-32(16-14-31)22-9-10-24(26(29)17-22)27(33)34-4/h5-10,17,19H,11-16,18H2,1-4H3. The molecule has 1 atom stereocenters. The van der Waals surface area contributed by atoms with E-state index in [9.17, 15) is 4.79 Å². The first-order valence-corrected chi connectivity index (χ1v) is 13.2. The molecule has 0 aromatic heterocycles. The Kier molecular flexibility index (Phi) is 7.75. The van der Waals surface area contributed by atoms with Crippen molar-refractivity contribution in [1.82, 2.24) is 4.90 Å². The lowest BCUT2D eigenvalue weighted by Gasteiger charge is -2.43. The second-order valence-electron chi connectivity index (χ2n) is 10.2. The van der Waals surface area contributed by atoms with Crippen LogP contribution in [0, 0.1) is 5.41 Å². The topological polar surface area (TPSA) is 32.8 Å². The van der Waals surface area contributed by atoms with Crippen molar-refractivity contribution in [2.45, 2.75) is 46.1 Å². The number of ether oxygens (including phenoxy) is 1. The van der Waals surface area contributed by atoms with Gasteiger partial charge in [0.05, 0.1) is 12.7 Å². The van der Waals surface area contributed by atoms with Crippen molar-refractivity contribution in [2.24, 2.45) is 5.41 Å². The van der Waals surface area contributed by atoms with Crippen molar-refractivity contribution < 1.29 is 9.53 Å². The van der Waals surface area contributed by atoms with Crippen LogP contribution < -0.4 is 4.90 Å². The first kappa shape index (κ1) is 25.3. The van der Waals surface area contributed by atoms with Crippen LogP contribution in [0.4, 0.5) is 5.69 Å². The molecule has 4 nitrogen and oxygen atoms in total. The van der Waals surface area contributed by atoms with Crippen LogP contribution >= 0.6 is 27.5 Å². The number of rotatable bonds is 5. The van der Waals surface area contributed by atoms with E-state index in [0.29, 0.717) is 17.0 Å². The molecule has 1 aliphatic carbocycles. The number of anilines is 1. The minimum Gasteiger partial charge on any atom is -0.465 e. The number of hydrogen-bond donors (Lipinski definition) is 0. The molecular weight excluding hydrogens is 512 g/mol. The number of benzene rings is 2. The van der Waals surface area contributed by atoms with E-state index in [4.69, 9.17) is 16.3 Å². The maximum atomic E-state index is 11.9. The molecule has 182 valence electrons. The summed E-state index contributed by atoms with van der Waals surface area (Å²) in [6.07, 6.45) is 3.48. The third kappa shape index (κ3) is 5.53. The number of halogens is 2. The number of piperazine rings is 1. The SMILES string of the molecule is COC(=O)c1ccc(N2CCN(C(C)C3=C(c4ccc(Cl)cc4)CC(C)(C)CC3)CC2)cc1Br. The van der Waals surface area contributed by atoms with Crippen LogP contribution in [-0.2, 0) is 4.74 Å². The highest BCUT2D eigenvalue weighted by Crippen LogP contribution is 2.45. The van der Waals surface area contributed by atoms with Crippen LogP contribution in [-0.4, -0.2) is 50.2 Å². The number of carbonyl (C=O) groups excluding carboxylic acids is 1. The second-order valence-corrected chi connectivity index (χ2v) is 11.5. The van der Waals surface area contributed by atoms with Gasteiger partial charge in [0.15, 0.2) is 0 Å². The molecule has 6 heteroatoms. The van der Waals surface area contributed by atoms with Gasteiger partial charge in [0, 0.05) is 47.4 Å². The fourth-order valence-electron chi connectivity index (χ4n) is 5.27. The van der Waals surface area contributed by atoms with Gasteiger partial charge in [-0.2, -0.15) is 0 Å². The number of allylic oxidation sites excluding steroid dienone is 1.